The van der Waals surface area contributed by atoms with Gasteiger partial charge in [0.15, 0.2) is 0 Å². The molecule has 0 aliphatic rings. The summed E-state index contributed by atoms with van der Waals surface area (Å²) in [5, 5.41) is 0. The quantitative estimate of drug-likeness (QED) is 0.0200. The summed E-state index contributed by atoms with van der Waals surface area (Å²) in [4.78, 5) is 153. The van der Waals surface area contributed by atoms with Crippen molar-refractivity contribution >= 4 is 84.6 Å². The summed E-state index contributed by atoms with van der Waals surface area (Å²) < 4.78 is 103. The van der Waals surface area contributed by atoms with Crippen molar-refractivity contribution in [3.05, 3.63) is 166 Å². The Morgan fingerprint density at radius 3 is 0.679 bits per heavy atom. The van der Waals surface area contributed by atoms with Crippen LogP contribution in [0.5, 0.6) is 0 Å². The molecular formula is C77H98O35. The van der Waals surface area contributed by atoms with E-state index in [1.54, 1.807) is 112 Å². The first kappa shape index (κ1) is 97.6. The number of furan rings is 7. The van der Waals surface area contributed by atoms with Crippen LogP contribution in [0.25, 0.3) is 0 Å². The lowest BCUT2D eigenvalue weighted by Crippen LogP contribution is -2.10. The molecule has 0 radical (unpaired) electrons. The predicted octanol–water partition coefficient (Wildman–Crippen LogP) is 13.4. The van der Waals surface area contributed by atoms with Crippen LogP contribution in [0.15, 0.2) is 116 Å². The Kier molecular flexibility index (Phi) is 49.4. The van der Waals surface area contributed by atoms with Gasteiger partial charge < -0.3 is 97.2 Å². The summed E-state index contributed by atoms with van der Waals surface area (Å²) in [6.45, 7) is 27.8. The van der Waals surface area contributed by atoms with Gasteiger partial charge in [-0.15, -0.1) is 0 Å². The molecule has 0 aliphatic heterocycles. The van der Waals surface area contributed by atoms with E-state index in [0.717, 1.165) is 19.3 Å². The number of hydrogen-bond acceptors (Lipinski definition) is 35. The number of rotatable bonds is 36. The molecule has 0 bridgehead atoms. The zero-order valence-electron chi connectivity index (χ0n) is 65.3. The summed E-state index contributed by atoms with van der Waals surface area (Å²) >= 11 is 0. The smallest absolute Gasteiger partial charge is 0.374 e. The maximum absolute atomic E-state index is 11.4. The molecule has 35 heteroatoms. The number of carbonyl (C=O) groups excluding carboxylic acids is 14. The Balaban J connectivity index is 0.000000654. The second kappa shape index (κ2) is 56.7. The van der Waals surface area contributed by atoms with Crippen molar-refractivity contribution in [1.29, 1.82) is 0 Å². The van der Waals surface area contributed by atoms with Crippen LogP contribution in [-0.4, -0.2) is 129 Å². The van der Waals surface area contributed by atoms with E-state index >= 15 is 0 Å². The normalized spacial score (nSPS) is 10.0. The summed E-state index contributed by atoms with van der Waals surface area (Å²) in [5.41, 5.74) is 0. The molecule has 0 amide bonds. The van der Waals surface area contributed by atoms with Gasteiger partial charge in [0, 0.05) is 33.1 Å². The summed E-state index contributed by atoms with van der Waals surface area (Å²) in [6, 6.07) is 21.5. The Labute approximate surface area is 645 Å². The van der Waals surface area contributed by atoms with Crippen LogP contribution >= 0.6 is 0 Å². The lowest BCUT2D eigenvalue weighted by Gasteiger charge is -2.05. The molecule has 35 nitrogen and oxygen atoms in total. The van der Waals surface area contributed by atoms with Crippen molar-refractivity contribution in [2.75, 3.05) is 26.4 Å². The number of hydrogen-bond donors (Lipinski definition) is 0. The number of ether oxygens (including phenoxy) is 14. The minimum atomic E-state index is -0.526. The zero-order chi connectivity index (χ0) is 83.9. The standard InChI is InChI=1S/2C12H16O5.3C11H14O5.2C10H12O5/c1-4-11(13)15-7-9-5-6-10(17-9)12(14)16-8(2)3;1-3-7-15-12(14)10-6-5-9(17-10)8-16-11(13)4-2;1-7(2)15-11(13)10-5-4-9(16-10)6-14-8(3)12;1-3-6-14-11(13)10-5-4-9(16-10)7-15-8(2)12;1-3-10(12)15-7-8-5-6-9(16-8)11(13)14-4-2;1-7(2)14-10(12)9-4-3-8(15-9)5-13-6-11;1-2-5-14-10(12)9-4-3-8(15-9)6-13-7-11/h5-6,8H,4,7H2,1-3H3;5-6H,3-4,7-8H2,1-2H3;4-5,7H,6H2,1-3H3;4-5H,3,6-7H2,1-2H3;5-6H,3-4,7H2,1-2H3;3-4,6-7H,5H2,1-2H3;3-4,7H,2,5-6H2,1H3. The number of carbonyl (C=O) groups is 14. The van der Waals surface area contributed by atoms with Crippen molar-refractivity contribution < 1.29 is 164 Å². The first-order valence-electron chi connectivity index (χ1n) is 35.2. The fraction of sp³-hybridized carbons (Fsp3) is 0.455. The Bertz CT molecular complexity index is 3960. The van der Waals surface area contributed by atoms with Crippen molar-refractivity contribution in [2.24, 2.45) is 0 Å². The fourth-order valence-electron chi connectivity index (χ4n) is 7.11. The Morgan fingerprint density at radius 2 is 0.491 bits per heavy atom. The highest BCUT2D eigenvalue weighted by atomic mass is 16.6. The molecule has 7 rings (SSSR count). The van der Waals surface area contributed by atoms with E-state index in [9.17, 15) is 67.1 Å². The molecule has 7 heterocycles. The van der Waals surface area contributed by atoms with Gasteiger partial charge in [-0.2, -0.15) is 0 Å². The molecule has 0 saturated heterocycles. The van der Waals surface area contributed by atoms with E-state index in [-0.39, 0.29) is 123 Å². The van der Waals surface area contributed by atoms with E-state index in [1.165, 1.54) is 56.3 Å². The van der Waals surface area contributed by atoms with Gasteiger partial charge in [0.25, 0.3) is 12.9 Å². The number of esters is 12. The predicted molar refractivity (Wildman–Crippen MR) is 383 cm³/mol. The van der Waals surface area contributed by atoms with Crippen molar-refractivity contribution in [3.8, 4) is 0 Å². The third-order valence-electron chi connectivity index (χ3n) is 12.1. The topological polar surface area (TPSA) is 460 Å². The first-order valence-corrected chi connectivity index (χ1v) is 35.2. The molecule has 7 aromatic heterocycles. The highest BCUT2D eigenvalue weighted by molar-refractivity contribution is 5.89. The van der Waals surface area contributed by atoms with Crippen LogP contribution in [0.3, 0.4) is 0 Å². The van der Waals surface area contributed by atoms with E-state index in [4.69, 9.17) is 87.8 Å². The van der Waals surface area contributed by atoms with Crippen LogP contribution in [-0.2, 0) is 146 Å². The van der Waals surface area contributed by atoms with Gasteiger partial charge in [-0.25, -0.2) is 33.6 Å². The largest absolute Gasteiger partial charge is 0.460 e. The molecule has 616 valence electrons. The van der Waals surface area contributed by atoms with E-state index in [2.05, 4.69) is 9.47 Å². The lowest BCUT2D eigenvalue weighted by molar-refractivity contribution is -0.145. The minimum Gasteiger partial charge on any atom is -0.460 e. The molecule has 0 N–H and O–H groups in total. The second-order valence-electron chi connectivity index (χ2n) is 22.8. The van der Waals surface area contributed by atoms with Gasteiger partial charge in [0.2, 0.25) is 40.3 Å². The van der Waals surface area contributed by atoms with Gasteiger partial charge in [-0.1, -0.05) is 41.5 Å². The van der Waals surface area contributed by atoms with Crippen LogP contribution < -0.4 is 0 Å². The summed E-state index contributed by atoms with van der Waals surface area (Å²) in [7, 11) is 0. The maximum atomic E-state index is 11.4. The van der Waals surface area contributed by atoms with Gasteiger partial charge in [0.1, 0.15) is 86.6 Å². The molecular weight excluding hydrogens is 1480 g/mol. The summed E-state index contributed by atoms with van der Waals surface area (Å²) in [6.07, 6.45) is 2.61. The van der Waals surface area contributed by atoms with Crippen molar-refractivity contribution in [3.63, 3.8) is 0 Å². The van der Waals surface area contributed by atoms with E-state index in [0.29, 0.717) is 99.0 Å². The Hall–Kier alpha value is -12.5. The monoisotopic (exact) mass is 1580 g/mol. The molecule has 0 saturated carbocycles. The van der Waals surface area contributed by atoms with Crippen molar-refractivity contribution in [1.82, 2.24) is 0 Å². The second-order valence-corrected chi connectivity index (χ2v) is 22.8. The van der Waals surface area contributed by atoms with Gasteiger partial charge in [0.05, 0.1) is 44.7 Å². The molecule has 0 aliphatic carbocycles. The van der Waals surface area contributed by atoms with Crippen LogP contribution in [0.1, 0.15) is 257 Å². The minimum absolute atomic E-state index is 0.0124. The average Bonchev–Trinajstić information content (AvgIpc) is 1.88. The van der Waals surface area contributed by atoms with Gasteiger partial charge in [-0.3, -0.25) is 33.6 Å². The highest BCUT2D eigenvalue weighted by Gasteiger charge is 2.20. The third kappa shape index (κ3) is 43.5. The molecule has 0 unspecified atom stereocenters. The van der Waals surface area contributed by atoms with Crippen molar-refractivity contribution in [2.45, 2.75) is 207 Å². The molecule has 7 aromatic rings. The summed E-state index contributed by atoms with van der Waals surface area (Å²) in [5.74, 6) is -1.62. The first-order chi connectivity index (χ1) is 53.4. The van der Waals surface area contributed by atoms with Crippen LogP contribution in [0.2, 0.25) is 0 Å². The SMILES string of the molecule is CC(=O)OCc1ccc(C(=O)OC(C)C)o1.CC(C)OC(=O)c1ccc(COC=O)o1.CCC(=O)OCc1ccc(C(=O)OC(C)C)o1.CCCOC(=O)c1ccc(COC(=O)CC)o1.CCCOC(=O)c1ccc(COC(C)=O)o1.CCCOC(=O)c1ccc(COC=O)o1.CCOC(=O)c1ccc(COC(=O)CC)o1. The molecule has 0 aromatic carbocycles. The van der Waals surface area contributed by atoms with Gasteiger partial charge in [-0.05, 0) is 153 Å². The van der Waals surface area contributed by atoms with Gasteiger partial charge >= 0.3 is 71.6 Å². The molecule has 0 fully saturated rings. The fourth-order valence-corrected chi connectivity index (χ4v) is 7.11. The van der Waals surface area contributed by atoms with Crippen LogP contribution in [0.4, 0.5) is 0 Å². The highest BCUT2D eigenvalue weighted by Crippen LogP contribution is 2.18. The maximum Gasteiger partial charge on any atom is 0.374 e. The Morgan fingerprint density at radius 1 is 0.286 bits per heavy atom. The van der Waals surface area contributed by atoms with E-state index in [1.807, 2.05) is 20.8 Å². The molecule has 0 atom stereocenters. The third-order valence-corrected chi connectivity index (χ3v) is 12.1. The molecule has 112 heavy (non-hydrogen) atoms. The van der Waals surface area contributed by atoms with Crippen LogP contribution in [0, 0.1) is 0 Å². The average molecular weight is 1580 g/mol. The zero-order valence-corrected chi connectivity index (χ0v) is 65.3. The molecule has 0 spiro atoms. The van der Waals surface area contributed by atoms with E-state index < -0.39 is 53.7 Å². The lowest BCUT2D eigenvalue weighted by atomic mass is 10.4.